The summed E-state index contributed by atoms with van der Waals surface area (Å²) in [4.78, 5) is 72.1. The monoisotopic (exact) mass is 574 g/mol. The molecule has 4 aromatic carbocycles. The molecule has 43 heavy (non-hydrogen) atoms. The third kappa shape index (κ3) is 4.56. The van der Waals surface area contributed by atoms with Crippen molar-refractivity contribution in [3.05, 3.63) is 95.1 Å². The van der Waals surface area contributed by atoms with E-state index in [4.69, 9.17) is 0 Å². The van der Waals surface area contributed by atoms with E-state index in [1.165, 1.54) is 9.80 Å². The van der Waals surface area contributed by atoms with Gasteiger partial charge in [0.1, 0.15) is 0 Å². The first-order valence-corrected chi connectivity index (χ1v) is 14.7. The molecule has 3 aliphatic heterocycles. The van der Waals surface area contributed by atoms with Gasteiger partial charge in [0.2, 0.25) is 5.91 Å². The zero-order chi connectivity index (χ0) is 29.7. The standard InChI is InChI=1S/C34H30N4O5/c39-28(14-5-15-37-31(40)24-10-1-6-22-7-2-11-25(29(22)24)32(37)41)36-19-16-35(17-20-36)18-21-38-33(42)26-12-3-8-23-9-4-13-27(30(23)26)34(38)43/h1-4,6-13H,5,14-21H2. The van der Waals surface area contributed by atoms with Crippen LogP contribution in [0.2, 0.25) is 0 Å². The molecule has 1 saturated heterocycles. The van der Waals surface area contributed by atoms with Crippen molar-refractivity contribution in [2.45, 2.75) is 12.8 Å². The Bertz CT molecular complexity index is 1740. The number of piperazine rings is 1. The van der Waals surface area contributed by atoms with Crippen LogP contribution in [0.1, 0.15) is 54.3 Å². The van der Waals surface area contributed by atoms with Gasteiger partial charge in [-0.2, -0.15) is 0 Å². The maximum atomic E-state index is 13.2. The van der Waals surface area contributed by atoms with Crippen LogP contribution in [0.15, 0.2) is 72.8 Å². The maximum Gasteiger partial charge on any atom is 0.261 e. The van der Waals surface area contributed by atoms with Gasteiger partial charge in [0, 0.05) is 85.3 Å². The van der Waals surface area contributed by atoms with Gasteiger partial charge >= 0.3 is 0 Å². The Morgan fingerprint density at radius 3 is 1.40 bits per heavy atom. The van der Waals surface area contributed by atoms with Crippen LogP contribution in [0.25, 0.3) is 21.5 Å². The van der Waals surface area contributed by atoms with Crippen LogP contribution in [0.3, 0.4) is 0 Å². The lowest BCUT2D eigenvalue weighted by molar-refractivity contribution is -0.133. The number of amides is 5. The van der Waals surface area contributed by atoms with Crippen molar-refractivity contribution >= 4 is 51.1 Å². The molecule has 9 heteroatoms. The molecule has 3 aliphatic rings. The number of benzene rings is 4. The van der Waals surface area contributed by atoms with Gasteiger partial charge in [-0.15, -0.1) is 0 Å². The Balaban J connectivity index is 0.905. The van der Waals surface area contributed by atoms with Gasteiger partial charge in [-0.25, -0.2) is 0 Å². The molecule has 9 nitrogen and oxygen atoms in total. The van der Waals surface area contributed by atoms with Gasteiger partial charge in [0.15, 0.2) is 0 Å². The van der Waals surface area contributed by atoms with Crippen molar-refractivity contribution in [1.29, 1.82) is 0 Å². The SMILES string of the molecule is O=C(CCCN1C(=O)c2cccc3cccc(c23)C1=O)N1CCN(CCN2C(=O)c3cccc4cccc(c34)C2=O)CC1. The highest BCUT2D eigenvalue weighted by Crippen LogP contribution is 2.31. The van der Waals surface area contributed by atoms with Gasteiger partial charge in [-0.3, -0.25) is 38.7 Å². The summed E-state index contributed by atoms with van der Waals surface area (Å²) in [7, 11) is 0. The number of hydrogen-bond donors (Lipinski definition) is 0. The predicted octanol–water partition coefficient (Wildman–Crippen LogP) is 3.81. The van der Waals surface area contributed by atoms with Gasteiger partial charge in [0.25, 0.3) is 23.6 Å². The summed E-state index contributed by atoms with van der Waals surface area (Å²) in [5.74, 6) is -1.18. The smallest absolute Gasteiger partial charge is 0.261 e. The Kier molecular flexibility index (Phi) is 6.74. The summed E-state index contributed by atoms with van der Waals surface area (Å²) in [5, 5.41) is 3.16. The second-order valence-electron chi connectivity index (χ2n) is 11.3. The van der Waals surface area contributed by atoms with Crippen molar-refractivity contribution in [3.8, 4) is 0 Å². The molecule has 0 atom stereocenters. The molecule has 0 unspecified atom stereocenters. The average molecular weight is 575 g/mol. The normalized spacial score (nSPS) is 17.0. The van der Waals surface area contributed by atoms with Crippen LogP contribution in [0, 0.1) is 0 Å². The molecule has 0 N–H and O–H groups in total. The number of hydrogen-bond acceptors (Lipinski definition) is 6. The molecule has 4 aromatic rings. The van der Waals surface area contributed by atoms with Crippen molar-refractivity contribution in [1.82, 2.24) is 19.6 Å². The fraction of sp³-hybridized carbons (Fsp3) is 0.265. The molecule has 216 valence electrons. The molecule has 0 bridgehead atoms. The third-order valence-corrected chi connectivity index (χ3v) is 8.85. The summed E-state index contributed by atoms with van der Waals surface area (Å²) < 4.78 is 0. The Labute approximate surface area is 248 Å². The van der Waals surface area contributed by atoms with Crippen molar-refractivity contribution in [2.75, 3.05) is 45.8 Å². The molecular formula is C34H30N4O5. The van der Waals surface area contributed by atoms with Gasteiger partial charge in [0.05, 0.1) is 0 Å². The lowest BCUT2D eigenvalue weighted by Crippen LogP contribution is -2.51. The predicted molar refractivity (Wildman–Crippen MR) is 161 cm³/mol. The van der Waals surface area contributed by atoms with E-state index < -0.39 is 0 Å². The number of imide groups is 2. The maximum absolute atomic E-state index is 13.2. The van der Waals surface area contributed by atoms with E-state index in [0.717, 1.165) is 16.2 Å². The first-order valence-electron chi connectivity index (χ1n) is 14.7. The van der Waals surface area contributed by atoms with Crippen LogP contribution < -0.4 is 0 Å². The number of carbonyl (C=O) groups is 5. The van der Waals surface area contributed by atoms with Gasteiger partial charge < -0.3 is 4.90 Å². The van der Waals surface area contributed by atoms with Gasteiger partial charge in [-0.05, 0) is 41.5 Å². The van der Waals surface area contributed by atoms with E-state index in [9.17, 15) is 24.0 Å². The number of carbonyl (C=O) groups excluding carboxylic acids is 5. The minimum Gasteiger partial charge on any atom is -0.340 e. The fourth-order valence-corrected chi connectivity index (χ4v) is 6.58. The Morgan fingerprint density at radius 1 is 0.535 bits per heavy atom. The highest BCUT2D eigenvalue weighted by molar-refractivity contribution is 6.26. The first kappa shape index (κ1) is 27.0. The lowest BCUT2D eigenvalue weighted by atomic mass is 9.94. The summed E-state index contributed by atoms with van der Waals surface area (Å²) in [6, 6.07) is 21.9. The topological polar surface area (TPSA) is 98.3 Å². The third-order valence-electron chi connectivity index (χ3n) is 8.85. The molecule has 5 amide bonds. The molecule has 0 radical (unpaired) electrons. The van der Waals surface area contributed by atoms with E-state index >= 15 is 0 Å². The summed E-state index contributed by atoms with van der Waals surface area (Å²) in [6.45, 7) is 3.36. The second kappa shape index (κ2) is 10.7. The molecular weight excluding hydrogens is 544 g/mol. The van der Waals surface area contributed by atoms with Crippen molar-refractivity contribution in [3.63, 3.8) is 0 Å². The molecule has 0 saturated carbocycles. The zero-order valence-corrected chi connectivity index (χ0v) is 23.6. The van der Waals surface area contributed by atoms with Crippen LogP contribution in [-0.2, 0) is 4.79 Å². The van der Waals surface area contributed by atoms with Gasteiger partial charge in [-0.1, -0.05) is 48.5 Å². The van der Waals surface area contributed by atoms with E-state index in [-0.39, 0.29) is 49.0 Å². The molecule has 3 heterocycles. The minimum atomic E-state index is -0.318. The Morgan fingerprint density at radius 2 is 0.953 bits per heavy atom. The zero-order valence-electron chi connectivity index (χ0n) is 23.6. The van der Waals surface area contributed by atoms with E-state index in [2.05, 4.69) is 4.90 Å². The molecule has 7 rings (SSSR count). The van der Waals surface area contributed by atoms with E-state index in [1.807, 2.05) is 48.5 Å². The summed E-state index contributed by atoms with van der Waals surface area (Å²) in [5.41, 5.74) is 2.14. The highest BCUT2D eigenvalue weighted by Gasteiger charge is 2.34. The highest BCUT2D eigenvalue weighted by atomic mass is 16.2. The quantitative estimate of drug-likeness (QED) is 0.312. The minimum absolute atomic E-state index is 0.00912. The first-order chi connectivity index (χ1) is 20.9. The Hall–Kier alpha value is -4.89. The molecule has 0 aliphatic carbocycles. The second-order valence-corrected chi connectivity index (χ2v) is 11.3. The van der Waals surface area contributed by atoms with Crippen LogP contribution in [0.5, 0.6) is 0 Å². The summed E-state index contributed by atoms with van der Waals surface area (Å²) in [6.07, 6.45) is 0.632. The molecule has 0 spiro atoms. The molecule has 1 fully saturated rings. The van der Waals surface area contributed by atoms with E-state index in [1.54, 1.807) is 29.2 Å². The van der Waals surface area contributed by atoms with Crippen LogP contribution in [-0.4, -0.2) is 94.9 Å². The lowest BCUT2D eigenvalue weighted by Gasteiger charge is -2.36. The number of rotatable bonds is 7. The fourth-order valence-electron chi connectivity index (χ4n) is 6.58. The average Bonchev–Trinajstić information content (AvgIpc) is 3.04. The van der Waals surface area contributed by atoms with E-state index in [0.29, 0.717) is 66.8 Å². The van der Waals surface area contributed by atoms with Crippen LogP contribution >= 0.6 is 0 Å². The largest absolute Gasteiger partial charge is 0.340 e. The molecule has 0 aromatic heterocycles. The van der Waals surface area contributed by atoms with Crippen molar-refractivity contribution < 1.29 is 24.0 Å². The van der Waals surface area contributed by atoms with Crippen LogP contribution in [0.4, 0.5) is 0 Å². The number of nitrogens with zero attached hydrogens (tertiary/aromatic N) is 4. The van der Waals surface area contributed by atoms with Crippen molar-refractivity contribution in [2.24, 2.45) is 0 Å². The summed E-state index contributed by atoms with van der Waals surface area (Å²) >= 11 is 0.